The second-order valence-electron chi connectivity index (χ2n) is 2.45. The first-order valence-corrected chi connectivity index (χ1v) is 4.45. The Bertz CT molecular complexity index is 458. The third-order valence-electron chi connectivity index (χ3n) is 1.67. The van der Waals surface area contributed by atoms with Crippen LogP contribution in [0.25, 0.3) is 0 Å². The standard InChI is InChI=1S/C9H5BrN2O2/c1-6-7(10)2-3-8(11-4-13)9(6)12-5-14/h2-3H,1H3. The number of benzene rings is 1. The van der Waals surface area contributed by atoms with E-state index in [4.69, 9.17) is 0 Å². The molecule has 0 saturated heterocycles. The van der Waals surface area contributed by atoms with Gasteiger partial charge in [0.25, 0.3) is 0 Å². The van der Waals surface area contributed by atoms with Gasteiger partial charge in [-0.2, -0.15) is 9.98 Å². The fourth-order valence-electron chi connectivity index (χ4n) is 0.987. The summed E-state index contributed by atoms with van der Waals surface area (Å²) in [6.45, 7) is 1.75. The highest BCUT2D eigenvalue weighted by molar-refractivity contribution is 9.10. The molecule has 0 heterocycles. The number of isocyanates is 2. The van der Waals surface area contributed by atoms with E-state index in [9.17, 15) is 9.59 Å². The van der Waals surface area contributed by atoms with Crippen molar-refractivity contribution in [3.63, 3.8) is 0 Å². The lowest BCUT2D eigenvalue weighted by Crippen LogP contribution is -1.78. The zero-order valence-corrected chi connectivity index (χ0v) is 8.83. The van der Waals surface area contributed by atoms with Crippen LogP contribution in [0, 0.1) is 6.92 Å². The zero-order valence-electron chi connectivity index (χ0n) is 7.24. The lowest BCUT2D eigenvalue weighted by Gasteiger charge is -2.02. The fourth-order valence-corrected chi connectivity index (χ4v) is 1.31. The summed E-state index contributed by atoms with van der Waals surface area (Å²) in [5.74, 6) is 0. The quantitative estimate of drug-likeness (QED) is 0.600. The third kappa shape index (κ3) is 2.03. The SMILES string of the molecule is Cc1c(Br)ccc(N=C=O)c1N=C=O. The molecular formula is C9H5BrN2O2. The molecule has 14 heavy (non-hydrogen) atoms. The molecule has 4 nitrogen and oxygen atoms in total. The molecule has 0 spiro atoms. The van der Waals surface area contributed by atoms with Gasteiger partial charge in [-0.05, 0) is 24.6 Å². The highest BCUT2D eigenvalue weighted by Crippen LogP contribution is 2.35. The van der Waals surface area contributed by atoms with Gasteiger partial charge >= 0.3 is 0 Å². The first-order chi connectivity index (χ1) is 6.70. The lowest BCUT2D eigenvalue weighted by atomic mass is 10.2. The normalized spacial score (nSPS) is 8.71. The van der Waals surface area contributed by atoms with E-state index in [-0.39, 0.29) is 0 Å². The minimum absolute atomic E-state index is 0.309. The van der Waals surface area contributed by atoms with Crippen molar-refractivity contribution in [1.29, 1.82) is 0 Å². The van der Waals surface area contributed by atoms with Crippen LogP contribution in [0.3, 0.4) is 0 Å². The van der Waals surface area contributed by atoms with E-state index >= 15 is 0 Å². The van der Waals surface area contributed by atoms with Gasteiger partial charge in [-0.15, -0.1) is 0 Å². The first kappa shape index (κ1) is 10.5. The maximum atomic E-state index is 10.1. The monoisotopic (exact) mass is 252 g/mol. The summed E-state index contributed by atoms with van der Waals surface area (Å²) in [6, 6.07) is 3.29. The molecule has 0 fully saturated rings. The Kier molecular flexibility index (Phi) is 3.48. The molecule has 70 valence electrons. The largest absolute Gasteiger partial charge is 0.240 e. The third-order valence-corrected chi connectivity index (χ3v) is 2.53. The molecule has 0 aromatic heterocycles. The van der Waals surface area contributed by atoms with E-state index in [1.54, 1.807) is 19.1 Å². The first-order valence-electron chi connectivity index (χ1n) is 3.65. The van der Waals surface area contributed by atoms with Crippen molar-refractivity contribution >= 4 is 39.5 Å². The lowest BCUT2D eigenvalue weighted by molar-refractivity contribution is 0.564. The Labute approximate surface area is 88.5 Å². The minimum Gasteiger partial charge on any atom is -0.211 e. The van der Waals surface area contributed by atoms with Crippen molar-refractivity contribution in [3.8, 4) is 0 Å². The van der Waals surface area contributed by atoms with E-state index in [1.165, 1.54) is 12.2 Å². The summed E-state index contributed by atoms with van der Waals surface area (Å²) in [5.41, 5.74) is 1.37. The van der Waals surface area contributed by atoms with Crippen molar-refractivity contribution in [2.45, 2.75) is 6.92 Å². The van der Waals surface area contributed by atoms with Gasteiger partial charge < -0.3 is 0 Å². The summed E-state index contributed by atoms with van der Waals surface area (Å²) in [6.07, 6.45) is 2.81. The van der Waals surface area contributed by atoms with Crippen LogP contribution in [0.15, 0.2) is 26.6 Å². The smallest absolute Gasteiger partial charge is 0.211 e. The predicted molar refractivity (Wildman–Crippen MR) is 54.4 cm³/mol. The topological polar surface area (TPSA) is 58.9 Å². The number of hydrogen-bond donors (Lipinski definition) is 0. The molecule has 1 aromatic rings. The van der Waals surface area contributed by atoms with Crippen molar-refractivity contribution in [2.24, 2.45) is 9.98 Å². The molecule has 0 saturated carbocycles. The Morgan fingerprint density at radius 1 is 1.21 bits per heavy atom. The van der Waals surface area contributed by atoms with Crippen LogP contribution in [0.2, 0.25) is 0 Å². The second kappa shape index (κ2) is 4.63. The maximum Gasteiger partial charge on any atom is 0.240 e. The fraction of sp³-hybridized carbons (Fsp3) is 0.111. The molecule has 0 aliphatic rings. The van der Waals surface area contributed by atoms with Gasteiger partial charge in [0, 0.05) is 4.47 Å². The predicted octanol–water partition coefficient (Wildman–Crippen LogP) is 2.69. The van der Waals surface area contributed by atoms with Crippen LogP contribution in [-0.2, 0) is 9.59 Å². The van der Waals surface area contributed by atoms with Crippen molar-refractivity contribution < 1.29 is 9.59 Å². The summed E-state index contributed by atoms with van der Waals surface area (Å²) in [7, 11) is 0. The number of carbonyl (C=O) groups excluding carboxylic acids is 2. The molecule has 0 bridgehead atoms. The van der Waals surface area contributed by atoms with Crippen LogP contribution in [0.1, 0.15) is 5.56 Å². The second-order valence-corrected chi connectivity index (χ2v) is 3.30. The molecule has 0 aliphatic carbocycles. The van der Waals surface area contributed by atoms with Gasteiger partial charge in [0.2, 0.25) is 12.2 Å². The van der Waals surface area contributed by atoms with E-state index in [2.05, 4.69) is 25.9 Å². The van der Waals surface area contributed by atoms with E-state index < -0.39 is 0 Å². The summed E-state index contributed by atoms with van der Waals surface area (Å²) in [5, 5.41) is 0. The number of aliphatic imine (C=N–C) groups is 2. The van der Waals surface area contributed by atoms with Crippen molar-refractivity contribution in [1.82, 2.24) is 0 Å². The molecule has 0 unspecified atom stereocenters. The molecule has 0 amide bonds. The highest BCUT2D eigenvalue weighted by atomic mass is 79.9. The maximum absolute atomic E-state index is 10.1. The van der Waals surface area contributed by atoms with Crippen LogP contribution < -0.4 is 0 Å². The molecule has 0 N–H and O–H groups in total. The van der Waals surface area contributed by atoms with Crippen molar-refractivity contribution in [3.05, 3.63) is 22.2 Å². The van der Waals surface area contributed by atoms with Crippen LogP contribution in [0.5, 0.6) is 0 Å². The van der Waals surface area contributed by atoms with Gasteiger partial charge in [0.05, 0.1) is 0 Å². The number of rotatable bonds is 2. The summed E-state index contributed by atoms with van der Waals surface area (Å²) >= 11 is 3.27. The Morgan fingerprint density at radius 2 is 1.86 bits per heavy atom. The Hall–Kier alpha value is -1.54. The van der Waals surface area contributed by atoms with Gasteiger partial charge in [0.1, 0.15) is 11.4 Å². The van der Waals surface area contributed by atoms with Gasteiger partial charge in [-0.3, -0.25) is 0 Å². The van der Waals surface area contributed by atoms with Gasteiger partial charge in [-0.1, -0.05) is 15.9 Å². The molecule has 0 atom stereocenters. The molecule has 0 aliphatic heterocycles. The van der Waals surface area contributed by atoms with Crippen LogP contribution in [-0.4, -0.2) is 12.2 Å². The van der Waals surface area contributed by atoms with E-state index in [0.29, 0.717) is 11.4 Å². The summed E-state index contributed by atoms with van der Waals surface area (Å²) in [4.78, 5) is 27.1. The Morgan fingerprint density at radius 3 is 2.43 bits per heavy atom. The van der Waals surface area contributed by atoms with Crippen LogP contribution >= 0.6 is 15.9 Å². The van der Waals surface area contributed by atoms with Gasteiger partial charge in [-0.25, -0.2) is 9.59 Å². The molecule has 5 heteroatoms. The molecular weight excluding hydrogens is 248 g/mol. The van der Waals surface area contributed by atoms with Gasteiger partial charge in [0.15, 0.2) is 0 Å². The van der Waals surface area contributed by atoms with Crippen molar-refractivity contribution in [2.75, 3.05) is 0 Å². The average Bonchev–Trinajstić information content (AvgIpc) is 2.18. The number of nitrogens with zero attached hydrogens (tertiary/aromatic N) is 2. The van der Waals surface area contributed by atoms with E-state index in [1.807, 2.05) is 0 Å². The minimum atomic E-state index is 0.309. The van der Waals surface area contributed by atoms with Crippen LogP contribution in [0.4, 0.5) is 11.4 Å². The number of hydrogen-bond acceptors (Lipinski definition) is 4. The molecule has 1 rings (SSSR count). The zero-order chi connectivity index (χ0) is 10.6. The molecule has 1 aromatic carbocycles. The number of halogens is 1. The van der Waals surface area contributed by atoms with E-state index in [0.717, 1.165) is 10.0 Å². The molecule has 0 radical (unpaired) electrons. The average molecular weight is 253 g/mol. The summed E-state index contributed by atoms with van der Waals surface area (Å²) < 4.78 is 0.788. The highest BCUT2D eigenvalue weighted by Gasteiger charge is 2.07. The Balaban J connectivity index is 3.51.